The van der Waals surface area contributed by atoms with Crippen LogP contribution in [0.15, 0.2) is 70.7 Å². The van der Waals surface area contributed by atoms with E-state index in [9.17, 15) is 18.3 Å². The van der Waals surface area contributed by atoms with Crippen molar-refractivity contribution in [3.8, 4) is 17.2 Å². The maximum atomic E-state index is 12.7. The first-order valence-corrected chi connectivity index (χ1v) is 11.3. The topological polar surface area (TPSA) is 126 Å². The molecule has 3 rings (SSSR count). The molecule has 0 bridgehead atoms. The molecule has 0 saturated heterocycles. The Labute approximate surface area is 195 Å². The van der Waals surface area contributed by atoms with E-state index in [0.717, 1.165) is 0 Å². The predicted molar refractivity (Wildman–Crippen MR) is 125 cm³/mol. The highest BCUT2D eigenvalue weighted by atomic mass is 35.5. The number of sulfonamides is 1. The highest BCUT2D eigenvalue weighted by Gasteiger charge is 2.17. The zero-order valence-corrected chi connectivity index (χ0v) is 19.1. The molecule has 9 nitrogen and oxygen atoms in total. The average Bonchev–Trinajstić information content (AvgIpc) is 2.81. The Balaban J connectivity index is 1.74. The number of hydrogen-bond acceptors (Lipinski definition) is 7. The Bertz CT molecular complexity index is 1270. The van der Waals surface area contributed by atoms with Gasteiger partial charge in [-0.1, -0.05) is 17.7 Å². The van der Waals surface area contributed by atoms with Gasteiger partial charge in [0.25, 0.3) is 15.9 Å². The summed E-state index contributed by atoms with van der Waals surface area (Å²) in [6.45, 7) is 0. The molecule has 0 spiro atoms. The van der Waals surface area contributed by atoms with Gasteiger partial charge in [0.05, 0.1) is 25.3 Å². The summed E-state index contributed by atoms with van der Waals surface area (Å²) in [5.74, 6) is -0.430. The van der Waals surface area contributed by atoms with Gasteiger partial charge in [-0.15, -0.1) is 0 Å². The molecule has 0 fully saturated rings. The van der Waals surface area contributed by atoms with Gasteiger partial charge in [-0.25, -0.2) is 13.8 Å². The van der Waals surface area contributed by atoms with E-state index >= 15 is 0 Å². The van der Waals surface area contributed by atoms with Crippen LogP contribution >= 0.6 is 11.6 Å². The van der Waals surface area contributed by atoms with Gasteiger partial charge in [0, 0.05) is 21.8 Å². The van der Waals surface area contributed by atoms with Crippen molar-refractivity contribution in [1.29, 1.82) is 0 Å². The normalized spacial score (nSPS) is 11.2. The number of hydrazone groups is 1. The van der Waals surface area contributed by atoms with Crippen molar-refractivity contribution in [2.75, 3.05) is 18.9 Å². The summed E-state index contributed by atoms with van der Waals surface area (Å²) in [4.78, 5) is 12.4. The summed E-state index contributed by atoms with van der Waals surface area (Å²) in [6.07, 6.45) is 1.32. The molecule has 0 radical (unpaired) electrons. The number of aromatic hydroxyl groups is 1. The fraction of sp³-hybridized carbons (Fsp3) is 0.0909. The molecule has 0 aliphatic heterocycles. The van der Waals surface area contributed by atoms with Crippen molar-refractivity contribution >= 4 is 39.4 Å². The lowest BCUT2D eigenvalue weighted by Gasteiger charge is -2.10. The van der Waals surface area contributed by atoms with Crippen LogP contribution in [-0.4, -0.2) is 39.9 Å². The summed E-state index contributed by atoms with van der Waals surface area (Å²) >= 11 is 5.82. The summed E-state index contributed by atoms with van der Waals surface area (Å²) in [6, 6.07) is 14.7. The fourth-order valence-corrected chi connectivity index (χ4v) is 3.98. The zero-order chi connectivity index (χ0) is 24.0. The highest BCUT2D eigenvalue weighted by Crippen LogP contribution is 2.36. The molecule has 11 heteroatoms. The quantitative estimate of drug-likeness (QED) is 0.327. The summed E-state index contributed by atoms with van der Waals surface area (Å²) < 4.78 is 37.9. The molecule has 0 heterocycles. The number of halogens is 1. The number of rotatable bonds is 8. The lowest BCUT2D eigenvalue weighted by molar-refractivity contribution is 0.0955. The van der Waals surface area contributed by atoms with Gasteiger partial charge in [0.2, 0.25) is 5.75 Å². The Hall–Kier alpha value is -3.76. The van der Waals surface area contributed by atoms with Crippen LogP contribution in [0.4, 0.5) is 5.69 Å². The molecule has 3 aromatic carbocycles. The highest BCUT2D eigenvalue weighted by molar-refractivity contribution is 7.92. The second-order valence-electron chi connectivity index (χ2n) is 6.61. The van der Waals surface area contributed by atoms with Crippen molar-refractivity contribution in [1.82, 2.24) is 5.43 Å². The third kappa shape index (κ3) is 5.93. The predicted octanol–water partition coefficient (Wildman–Crippen LogP) is 3.63. The summed E-state index contributed by atoms with van der Waals surface area (Å²) in [7, 11) is -1.15. The number of nitrogens with zero attached hydrogens (tertiary/aromatic N) is 1. The van der Waals surface area contributed by atoms with Gasteiger partial charge < -0.3 is 14.6 Å². The molecule has 3 N–H and O–H groups in total. The number of hydrogen-bond donors (Lipinski definition) is 3. The van der Waals surface area contributed by atoms with E-state index in [1.807, 2.05) is 0 Å². The fourth-order valence-electron chi connectivity index (χ4n) is 2.75. The minimum atomic E-state index is -3.93. The van der Waals surface area contributed by atoms with Crippen LogP contribution < -0.4 is 19.6 Å². The van der Waals surface area contributed by atoms with Gasteiger partial charge in [0.1, 0.15) is 0 Å². The molecule has 0 aliphatic rings. The van der Waals surface area contributed by atoms with Gasteiger partial charge >= 0.3 is 0 Å². The van der Waals surface area contributed by atoms with Gasteiger partial charge in [-0.2, -0.15) is 5.10 Å². The van der Waals surface area contributed by atoms with Gasteiger partial charge in [0.15, 0.2) is 11.5 Å². The second kappa shape index (κ2) is 10.2. The van der Waals surface area contributed by atoms with Crippen molar-refractivity contribution in [2.45, 2.75) is 4.90 Å². The molecular weight excluding hydrogens is 470 g/mol. The van der Waals surface area contributed by atoms with Crippen LogP contribution in [0.3, 0.4) is 0 Å². The monoisotopic (exact) mass is 489 g/mol. The molecule has 33 heavy (non-hydrogen) atoms. The first-order valence-electron chi connectivity index (χ1n) is 9.40. The SMILES string of the molecule is COc1cc(C=NNC(=O)c2cccc(S(=O)(=O)Nc3ccc(Cl)cc3)c2)cc(OC)c1O. The van der Waals surface area contributed by atoms with Crippen LogP contribution in [0, 0.1) is 0 Å². The Morgan fingerprint density at radius 1 is 1.03 bits per heavy atom. The van der Waals surface area contributed by atoms with Crippen molar-refractivity contribution in [3.05, 3.63) is 76.8 Å². The van der Waals surface area contributed by atoms with E-state index in [0.29, 0.717) is 16.3 Å². The standard InChI is InChI=1S/C22H20ClN3O6S/c1-31-19-10-14(11-20(32-2)21(19)27)13-24-25-22(28)15-4-3-5-18(12-15)33(29,30)26-17-8-6-16(23)7-9-17/h3-13,26-27H,1-2H3,(H,25,28). The maximum absolute atomic E-state index is 12.7. The minimum Gasteiger partial charge on any atom is -0.502 e. The largest absolute Gasteiger partial charge is 0.502 e. The smallest absolute Gasteiger partial charge is 0.271 e. The van der Waals surface area contributed by atoms with Crippen molar-refractivity contribution in [3.63, 3.8) is 0 Å². The number of carbonyl (C=O) groups is 1. The summed E-state index contributed by atoms with van der Waals surface area (Å²) in [5.41, 5.74) is 3.24. The van der Waals surface area contributed by atoms with Crippen molar-refractivity contribution in [2.24, 2.45) is 5.10 Å². The number of phenols is 1. The van der Waals surface area contributed by atoms with Gasteiger partial charge in [-0.3, -0.25) is 9.52 Å². The second-order valence-corrected chi connectivity index (χ2v) is 8.73. The third-order valence-corrected chi connectivity index (χ3v) is 6.02. The molecule has 0 unspecified atom stereocenters. The molecule has 3 aromatic rings. The van der Waals surface area contributed by atoms with E-state index in [1.54, 1.807) is 12.1 Å². The Morgan fingerprint density at radius 2 is 1.67 bits per heavy atom. The lowest BCUT2D eigenvalue weighted by atomic mass is 10.2. The molecular formula is C22H20ClN3O6S. The van der Waals surface area contributed by atoms with Crippen LogP contribution in [0.2, 0.25) is 5.02 Å². The van der Waals surface area contributed by atoms with Crippen LogP contribution in [0.5, 0.6) is 17.2 Å². The molecule has 0 atom stereocenters. The number of amides is 1. The number of anilines is 1. The first-order chi connectivity index (χ1) is 15.7. The Kier molecular flexibility index (Phi) is 7.41. The van der Waals surface area contributed by atoms with Crippen LogP contribution in [0.1, 0.15) is 15.9 Å². The maximum Gasteiger partial charge on any atom is 0.271 e. The van der Waals surface area contributed by atoms with E-state index in [2.05, 4.69) is 15.2 Å². The van der Waals surface area contributed by atoms with E-state index in [-0.39, 0.29) is 27.7 Å². The van der Waals surface area contributed by atoms with E-state index < -0.39 is 15.9 Å². The number of phenolic OH excluding ortho intramolecular Hbond substituents is 1. The number of methoxy groups -OCH3 is 2. The number of nitrogens with one attached hydrogen (secondary N) is 2. The first kappa shape index (κ1) is 23.9. The molecule has 0 saturated carbocycles. The lowest BCUT2D eigenvalue weighted by Crippen LogP contribution is -2.19. The minimum absolute atomic E-state index is 0.0898. The number of ether oxygens (including phenoxy) is 2. The third-order valence-electron chi connectivity index (χ3n) is 4.38. The number of carbonyl (C=O) groups excluding carboxylic acids is 1. The Morgan fingerprint density at radius 3 is 2.27 bits per heavy atom. The number of benzene rings is 3. The zero-order valence-electron chi connectivity index (χ0n) is 17.6. The van der Waals surface area contributed by atoms with Crippen LogP contribution in [-0.2, 0) is 10.0 Å². The molecule has 0 aromatic heterocycles. The molecule has 0 aliphatic carbocycles. The van der Waals surface area contributed by atoms with Gasteiger partial charge in [-0.05, 0) is 54.6 Å². The average molecular weight is 490 g/mol. The summed E-state index contributed by atoms with van der Waals surface area (Å²) in [5, 5.41) is 14.3. The van der Waals surface area contributed by atoms with Crippen molar-refractivity contribution < 1.29 is 27.8 Å². The molecule has 1 amide bonds. The van der Waals surface area contributed by atoms with E-state index in [4.69, 9.17) is 21.1 Å². The molecule has 172 valence electrons. The van der Waals surface area contributed by atoms with E-state index in [1.165, 1.54) is 69.0 Å². The van der Waals surface area contributed by atoms with Crippen LogP contribution in [0.25, 0.3) is 0 Å².